The number of methoxy groups -OCH3 is 1. The zero-order valence-corrected chi connectivity index (χ0v) is 16.2. The third kappa shape index (κ3) is 4.33. The van der Waals surface area contributed by atoms with Crippen LogP contribution in [0, 0.1) is 6.92 Å². The first-order valence-electron chi connectivity index (χ1n) is 7.82. The average Bonchev–Trinajstić information content (AvgIpc) is 3.07. The Kier molecular flexibility index (Phi) is 5.26. The highest BCUT2D eigenvalue weighted by Crippen LogP contribution is 2.25. The number of thiazole rings is 1. The lowest BCUT2D eigenvalue weighted by molar-refractivity contribution is 0.102. The number of primary sulfonamides is 1. The van der Waals surface area contributed by atoms with E-state index >= 15 is 0 Å². The molecule has 0 fully saturated rings. The first-order chi connectivity index (χ1) is 12.8. The topological polar surface area (TPSA) is 111 Å². The first kappa shape index (κ1) is 19.0. The van der Waals surface area contributed by atoms with Gasteiger partial charge in [0.15, 0.2) is 0 Å². The molecule has 9 heteroatoms. The van der Waals surface area contributed by atoms with Gasteiger partial charge in [-0.1, -0.05) is 12.1 Å². The van der Waals surface area contributed by atoms with Crippen LogP contribution in [0.4, 0.5) is 5.69 Å². The molecule has 1 heterocycles. The molecule has 0 radical (unpaired) electrons. The molecule has 7 nitrogen and oxygen atoms in total. The van der Waals surface area contributed by atoms with Crippen LogP contribution in [-0.2, 0) is 10.0 Å². The fourth-order valence-electron chi connectivity index (χ4n) is 2.46. The van der Waals surface area contributed by atoms with Crippen molar-refractivity contribution in [2.75, 3.05) is 12.4 Å². The summed E-state index contributed by atoms with van der Waals surface area (Å²) in [6, 6.07) is 11.1. The second-order valence-electron chi connectivity index (χ2n) is 5.69. The van der Waals surface area contributed by atoms with Gasteiger partial charge in [0.25, 0.3) is 5.91 Å². The van der Waals surface area contributed by atoms with E-state index < -0.39 is 15.9 Å². The minimum Gasteiger partial charge on any atom is -0.496 e. The molecule has 3 aromatic rings. The number of sulfonamides is 1. The molecule has 1 aromatic heterocycles. The third-order valence-electron chi connectivity index (χ3n) is 3.80. The number of nitrogens with zero attached hydrogens (tertiary/aromatic N) is 1. The van der Waals surface area contributed by atoms with Crippen LogP contribution in [0.3, 0.4) is 0 Å². The Morgan fingerprint density at radius 2 is 1.89 bits per heavy atom. The molecule has 140 valence electrons. The number of anilines is 1. The van der Waals surface area contributed by atoms with Gasteiger partial charge in [-0.25, -0.2) is 18.5 Å². The van der Waals surface area contributed by atoms with E-state index in [0.29, 0.717) is 5.69 Å². The van der Waals surface area contributed by atoms with Gasteiger partial charge >= 0.3 is 0 Å². The summed E-state index contributed by atoms with van der Waals surface area (Å²) in [4.78, 5) is 16.9. The van der Waals surface area contributed by atoms with Gasteiger partial charge in [-0.2, -0.15) is 0 Å². The van der Waals surface area contributed by atoms with Gasteiger partial charge in [0, 0.05) is 16.6 Å². The molecule has 1 amide bonds. The fourth-order valence-corrected chi connectivity index (χ4v) is 3.62. The normalized spacial score (nSPS) is 11.2. The number of nitrogens with two attached hydrogens (primary N) is 1. The molecule has 27 heavy (non-hydrogen) atoms. The van der Waals surface area contributed by atoms with Gasteiger partial charge in [0.05, 0.1) is 28.3 Å². The number of ether oxygens (including phenoxy) is 1. The zero-order chi connectivity index (χ0) is 19.6. The van der Waals surface area contributed by atoms with Gasteiger partial charge in [0.1, 0.15) is 5.75 Å². The Balaban J connectivity index is 1.85. The van der Waals surface area contributed by atoms with E-state index in [1.165, 1.54) is 25.3 Å². The van der Waals surface area contributed by atoms with Crippen molar-refractivity contribution in [1.29, 1.82) is 0 Å². The number of benzene rings is 2. The number of carbonyl (C=O) groups is 1. The second kappa shape index (κ2) is 7.47. The standard InChI is InChI=1S/C18H17N3O4S2/c1-11-20-16(10-26-11)12-3-5-13(6-4-12)21-18(22)15-9-14(27(19,23)24)7-8-17(15)25-2/h3-10H,1-2H3,(H,21,22)(H2,19,23,24). The minimum absolute atomic E-state index is 0.0724. The Labute approximate surface area is 160 Å². The molecule has 0 atom stereocenters. The highest BCUT2D eigenvalue weighted by Gasteiger charge is 2.17. The number of nitrogens with one attached hydrogen (secondary N) is 1. The number of aromatic nitrogens is 1. The smallest absolute Gasteiger partial charge is 0.259 e. The number of amides is 1. The van der Waals surface area contributed by atoms with E-state index in [-0.39, 0.29) is 16.2 Å². The molecule has 0 aliphatic carbocycles. The van der Waals surface area contributed by atoms with E-state index in [0.717, 1.165) is 16.3 Å². The summed E-state index contributed by atoms with van der Waals surface area (Å²) in [6.45, 7) is 1.94. The van der Waals surface area contributed by atoms with Crippen molar-refractivity contribution < 1.29 is 17.9 Å². The lowest BCUT2D eigenvalue weighted by atomic mass is 10.1. The van der Waals surface area contributed by atoms with E-state index in [9.17, 15) is 13.2 Å². The number of hydrogen-bond donors (Lipinski definition) is 2. The summed E-state index contributed by atoms with van der Waals surface area (Å²) in [5, 5.41) is 10.8. The second-order valence-corrected chi connectivity index (χ2v) is 8.31. The highest BCUT2D eigenvalue weighted by molar-refractivity contribution is 7.89. The molecule has 0 saturated heterocycles. The monoisotopic (exact) mass is 403 g/mol. The molecule has 0 spiro atoms. The minimum atomic E-state index is -3.93. The molecule has 2 aromatic carbocycles. The van der Waals surface area contributed by atoms with Crippen molar-refractivity contribution in [2.45, 2.75) is 11.8 Å². The van der Waals surface area contributed by atoms with E-state index in [2.05, 4.69) is 10.3 Å². The molecule has 0 bridgehead atoms. The van der Waals surface area contributed by atoms with Crippen molar-refractivity contribution in [3.05, 3.63) is 58.4 Å². The van der Waals surface area contributed by atoms with Crippen LogP contribution in [-0.4, -0.2) is 26.4 Å². The van der Waals surface area contributed by atoms with Crippen LogP contribution in [0.25, 0.3) is 11.3 Å². The third-order valence-corrected chi connectivity index (χ3v) is 5.49. The van der Waals surface area contributed by atoms with Crippen LogP contribution >= 0.6 is 11.3 Å². The van der Waals surface area contributed by atoms with Crippen molar-refractivity contribution in [3.8, 4) is 17.0 Å². The van der Waals surface area contributed by atoms with Crippen LogP contribution in [0.1, 0.15) is 15.4 Å². The highest BCUT2D eigenvalue weighted by atomic mass is 32.2. The Morgan fingerprint density at radius 1 is 1.19 bits per heavy atom. The van der Waals surface area contributed by atoms with Gasteiger partial charge in [-0.05, 0) is 37.3 Å². The summed E-state index contributed by atoms with van der Waals surface area (Å²) in [5.74, 6) is -0.260. The summed E-state index contributed by atoms with van der Waals surface area (Å²) in [5.41, 5.74) is 2.44. The Morgan fingerprint density at radius 3 is 2.44 bits per heavy atom. The Hall–Kier alpha value is -2.75. The van der Waals surface area contributed by atoms with Crippen LogP contribution in [0.15, 0.2) is 52.7 Å². The number of carbonyl (C=O) groups excluding carboxylic acids is 1. The van der Waals surface area contributed by atoms with E-state index in [1.54, 1.807) is 23.5 Å². The van der Waals surface area contributed by atoms with Gasteiger partial charge in [-0.3, -0.25) is 4.79 Å². The molecule has 3 N–H and O–H groups in total. The summed E-state index contributed by atoms with van der Waals surface area (Å²) in [6.07, 6.45) is 0. The summed E-state index contributed by atoms with van der Waals surface area (Å²) in [7, 11) is -2.54. The van der Waals surface area contributed by atoms with Gasteiger partial charge in [-0.15, -0.1) is 11.3 Å². The quantitative estimate of drug-likeness (QED) is 0.680. The number of hydrogen-bond acceptors (Lipinski definition) is 6. The molecule has 0 aliphatic rings. The van der Waals surface area contributed by atoms with Crippen LogP contribution < -0.4 is 15.2 Å². The first-order valence-corrected chi connectivity index (χ1v) is 10.3. The summed E-state index contributed by atoms with van der Waals surface area (Å²) < 4.78 is 28.2. The maximum absolute atomic E-state index is 12.6. The van der Waals surface area contributed by atoms with Crippen LogP contribution in [0.2, 0.25) is 0 Å². The molecule has 0 unspecified atom stereocenters. The van der Waals surface area contributed by atoms with E-state index in [1.807, 2.05) is 24.4 Å². The van der Waals surface area contributed by atoms with Gasteiger partial charge < -0.3 is 10.1 Å². The van der Waals surface area contributed by atoms with Crippen molar-refractivity contribution in [1.82, 2.24) is 4.98 Å². The average molecular weight is 403 g/mol. The van der Waals surface area contributed by atoms with Crippen molar-refractivity contribution in [2.24, 2.45) is 5.14 Å². The zero-order valence-electron chi connectivity index (χ0n) is 14.6. The van der Waals surface area contributed by atoms with Crippen LogP contribution in [0.5, 0.6) is 5.75 Å². The fraction of sp³-hybridized carbons (Fsp3) is 0.111. The molecular formula is C18H17N3O4S2. The largest absolute Gasteiger partial charge is 0.496 e. The molecule has 0 aliphatic heterocycles. The van der Waals surface area contributed by atoms with E-state index in [4.69, 9.17) is 9.88 Å². The lowest BCUT2D eigenvalue weighted by Gasteiger charge is -2.11. The van der Waals surface area contributed by atoms with Crippen molar-refractivity contribution in [3.63, 3.8) is 0 Å². The number of aryl methyl sites for hydroxylation is 1. The summed E-state index contributed by atoms with van der Waals surface area (Å²) >= 11 is 1.56. The predicted molar refractivity (Wildman–Crippen MR) is 105 cm³/mol. The molecule has 3 rings (SSSR count). The van der Waals surface area contributed by atoms with Gasteiger partial charge in [0.2, 0.25) is 10.0 Å². The SMILES string of the molecule is COc1ccc(S(N)(=O)=O)cc1C(=O)Nc1ccc(-c2csc(C)n2)cc1. The maximum Gasteiger partial charge on any atom is 0.259 e. The maximum atomic E-state index is 12.6. The number of rotatable bonds is 5. The Bertz CT molecular complexity index is 1090. The molecule has 0 saturated carbocycles. The van der Waals surface area contributed by atoms with Crippen molar-refractivity contribution >= 4 is 33.0 Å². The predicted octanol–water partition coefficient (Wildman–Crippen LogP) is 3.03. The lowest BCUT2D eigenvalue weighted by Crippen LogP contribution is -2.16. The molecular weight excluding hydrogens is 386 g/mol.